The van der Waals surface area contributed by atoms with Gasteiger partial charge in [-0.2, -0.15) is 0 Å². The highest BCUT2D eigenvalue weighted by Gasteiger charge is 2.09. The molecule has 28 heavy (non-hydrogen) atoms. The summed E-state index contributed by atoms with van der Waals surface area (Å²) in [5.41, 5.74) is 4.50. The summed E-state index contributed by atoms with van der Waals surface area (Å²) in [4.78, 5) is 20.8. The van der Waals surface area contributed by atoms with E-state index in [1.807, 2.05) is 50.2 Å². The maximum atomic E-state index is 12.3. The highest BCUT2D eigenvalue weighted by molar-refractivity contribution is 6.02. The van der Waals surface area contributed by atoms with Gasteiger partial charge in [-0.05, 0) is 61.2 Å². The third kappa shape index (κ3) is 5.07. The third-order valence-electron chi connectivity index (χ3n) is 4.50. The molecule has 0 aliphatic rings. The van der Waals surface area contributed by atoms with Crippen molar-refractivity contribution >= 4 is 17.4 Å². The Morgan fingerprint density at radius 1 is 1.04 bits per heavy atom. The average Bonchev–Trinajstić information content (AvgIpc) is 2.71. The van der Waals surface area contributed by atoms with Gasteiger partial charge in [0.1, 0.15) is 17.3 Å². The van der Waals surface area contributed by atoms with E-state index in [0.717, 1.165) is 23.4 Å². The molecular weight excluding hydrogens is 352 g/mol. The summed E-state index contributed by atoms with van der Waals surface area (Å²) in [5.74, 6) is 1.20. The number of nitrogens with one attached hydrogen (secondary N) is 2. The number of aromatic nitrogens is 2. The molecule has 0 atom stereocenters. The van der Waals surface area contributed by atoms with Crippen LogP contribution in [0.5, 0.6) is 5.75 Å². The lowest BCUT2D eigenvalue weighted by atomic mass is 10.1. The SMILES string of the molecule is COc1cccc(CCNc2cnc(C(=O)Nc3ccc(C)c(C)c3)cn2)c1. The van der Waals surface area contributed by atoms with Crippen LogP contribution in [0.15, 0.2) is 54.9 Å². The summed E-state index contributed by atoms with van der Waals surface area (Å²) in [6.07, 6.45) is 3.87. The van der Waals surface area contributed by atoms with Crippen LogP contribution < -0.4 is 15.4 Å². The third-order valence-corrected chi connectivity index (χ3v) is 4.50. The number of carbonyl (C=O) groups is 1. The lowest BCUT2D eigenvalue weighted by Gasteiger charge is -2.09. The number of nitrogens with zero attached hydrogens (tertiary/aromatic N) is 2. The predicted molar refractivity (Wildman–Crippen MR) is 111 cm³/mol. The minimum Gasteiger partial charge on any atom is -0.497 e. The van der Waals surface area contributed by atoms with Crippen LogP contribution in [-0.2, 0) is 6.42 Å². The fourth-order valence-electron chi connectivity index (χ4n) is 2.71. The molecule has 3 aromatic rings. The summed E-state index contributed by atoms with van der Waals surface area (Å²) < 4.78 is 5.23. The Morgan fingerprint density at radius 3 is 2.61 bits per heavy atom. The Bertz CT molecular complexity index is 955. The molecule has 1 amide bonds. The molecule has 3 rings (SSSR count). The Morgan fingerprint density at radius 2 is 1.89 bits per heavy atom. The molecule has 0 fully saturated rings. The Labute approximate surface area is 165 Å². The van der Waals surface area contributed by atoms with E-state index in [0.29, 0.717) is 12.4 Å². The summed E-state index contributed by atoms with van der Waals surface area (Å²) in [6.45, 7) is 4.75. The second-order valence-electron chi connectivity index (χ2n) is 6.57. The van der Waals surface area contributed by atoms with E-state index in [1.54, 1.807) is 13.3 Å². The molecule has 0 saturated heterocycles. The fraction of sp³-hybridized carbons (Fsp3) is 0.227. The quantitative estimate of drug-likeness (QED) is 0.652. The molecule has 2 aromatic carbocycles. The van der Waals surface area contributed by atoms with Crippen molar-refractivity contribution in [2.24, 2.45) is 0 Å². The first-order chi connectivity index (χ1) is 13.5. The number of carbonyl (C=O) groups excluding carboxylic acids is 1. The van der Waals surface area contributed by atoms with Gasteiger partial charge in [-0.3, -0.25) is 4.79 Å². The van der Waals surface area contributed by atoms with Crippen molar-refractivity contribution in [3.05, 3.63) is 77.2 Å². The first-order valence-electron chi connectivity index (χ1n) is 9.12. The van der Waals surface area contributed by atoms with Crippen LogP contribution in [0.3, 0.4) is 0 Å². The maximum Gasteiger partial charge on any atom is 0.275 e. The van der Waals surface area contributed by atoms with Gasteiger partial charge in [0.25, 0.3) is 5.91 Å². The number of aryl methyl sites for hydroxylation is 2. The van der Waals surface area contributed by atoms with Gasteiger partial charge in [0.05, 0.1) is 19.5 Å². The molecule has 0 bridgehead atoms. The summed E-state index contributed by atoms with van der Waals surface area (Å²) >= 11 is 0. The number of methoxy groups -OCH3 is 1. The molecule has 1 aromatic heterocycles. The first kappa shape index (κ1) is 19.4. The topological polar surface area (TPSA) is 76.1 Å². The maximum absolute atomic E-state index is 12.3. The molecule has 0 saturated carbocycles. The van der Waals surface area contributed by atoms with E-state index in [9.17, 15) is 4.79 Å². The van der Waals surface area contributed by atoms with Gasteiger partial charge in [-0.1, -0.05) is 18.2 Å². The molecule has 2 N–H and O–H groups in total. The zero-order valence-corrected chi connectivity index (χ0v) is 16.3. The molecule has 0 aliphatic carbocycles. The van der Waals surface area contributed by atoms with Crippen LogP contribution in [0.1, 0.15) is 27.2 Å². The monoisotopic (exact) mass is 376 g/mol. The number of anilines is 2. The lowest BCUT2D eigenvalue weighted by Crippen LogP contribution is -2.15. The molecule has 6 nitrogen and oxygen atoms in total. The minimum absolute atomic E-state index is 0.275. The highest BCUT2D eigenvalue weighted by atomic mass is 16.5. The van der Waals surface area contributed by atoms with E-state index < -0.39 is 0 Å². The molecule has 144 valence electrons. The molecule has 1 heterocycles. The van der Waals surface area contributed by atoms with Crippen molar-refractivity contribution in [3.63, 3.8) is 0 Å². The lowest BCUT2D eigenvalue weighted by molar-refractivity contribution is 0.102. The van der Waals surface area contributed by atoms with Crippen LogP contribution in [-0.4, -0.2) is 29.5 Å². The van der Waals surface area contributed by atoms with Crippen molar-refractivity contribution in [3.8, 4) is 5.75 Å². The molecule has 0 spiro atoms. The second-order valence-corrected chi connectivity index (χ2v) is 6.57. The number of ether oxygens (including phenoxy) is 1. The number of hydrogen-bond donors (Lipinski definition) is 2. The van der Waals surface area contributed by atoms with Crippen molar-refractivity contribution in [2.75, 3.05) is 24.3 Å². The normalized spacial score (nSPS) is 10.4. The predicted octanol–water partition coefficient (Wildman–Crippen LogP) is 4.01. The molecule has 0 radical (unpaired) electrons. The van der Waals surface area contributed by atoms with E-state index >= 15 is 0 Å². The zero-order chi connectivity index (χ0) is 19.9. The molecule has 0 aliphatic heterocycles. The Kier molecular flexibility index (Phi) is 6.22. The van der Waals surface area contributed by atoms with Gasteiger partial charge in [0.15, 0.2) is 0 Å². The number of amides is 1. The van der Waals surface area contributed by atoms with Crippen molar-refractivity contribution < 1.29 is 9.53 Å². The minimum atomic E-state index is -0.279. The standard InChI is InChI=1S/C22H24N4O2/c1-15-7-8-18(11-16(15)2)26-22(27)20-13-25-21(14-24-20)23-10-9-17-5-4-6-19(12-17)28-3/h4-8,11-14H,9-10H2,1-3H3,(H,23,25)(H,26,27). The van der Waals surface area contributed by atoms with Crippen LogP contribution in [0.25, 0.3) is 0 Å². The summed E-state index contributed by atoms with van der Waals surface area (Å²) in [5, 5.41) is 6.06. The molecular formula is C22H24N4O2. The molecule has 6 heteroatoms. The molecule has 0 unspecified atom stereocenters. The number of rotatable bonds is 7. The Hall–Kier alpha value is -3.41. The number of benzene rings is 2. The summed E-state index contributed by atoms with van der Waals surface area (Å²) in [6, 6.07) is 13.7. The van der Waals surface area contributed by atoms with Crippen LogP contribution in [0.4, 0.5) is 11.5 Å². The highest BCUT2D eigenvalue weighted by Crippen LogP contribution is 2.15. The van der Waals surface area contributed by atoms with Gasteiger partial charge in [-0.15, -0.1) is 0 Å². The second kappa shape index (κ2) is 8.99. The van der Waals surface area contributed by atoms with Gasteiger partial charge in [0, 0.05) is 12.2 Å². The number of hydrogen-bond acceptors (Lipinski definition) is 5. The van der Waals surface area contributed by atoms with Crippen LogP contribution in [0, 0.1) is 13.8 Å². The Balaban J connectivity index is 1.53. The zero-order valence-electron chi connectivity index (χ0n) is 16.3. The average molecular weight is 376 g/mol. The van der Waals surface area contributed by atoms with Gasteiger partial charge in [-0.25, -0.2) is 9.97 Å². The largest absolute Gasteiger partial charge is 0.497 e. The van der Waals surface area contributed by atoms with E-state index in [4.69, 9.17) is 4.74 Å². The van der Waals surface area contributed by atoms with Gasteiger partial charge < -0.3 is 15.4 Å². The van der Waals surface area contributed by atoms with E-state index in [2.05, 4.69) is 26.7 Å². The van der Waals surface area contributed by atoms with Gasteiger partial charge >= 0.3 is 0 Å². The van der Waals surface area contributed by atoms with E-state index in [1.165, 1.54) is 17.3 Å². The summed E-state index contributed by atoms with van der Waals surface area (Å²) in [7, 11) is 1.66. The van der Waals surface area contributed by atoms with E-state index in [-0.39, 0.29) is 11.6 Å². The van der Waals surface area contributed by atoms with Crippen molar-refractivity contribution in [2.45, 2.75) is 20.3 Å². The van der Waals surface area contributed by atoms with Crippen molar-refractivity contribution in [1.29, 1.82) is 0 Å². The van der Waals surface area contributed by atoms with Gasteiger partial charge in [0.2, 0.25) is 0 Å². The van der Waals surface area contributed by atoms with Crippen molar-refractivity contribution in [1.82, 2.24) is 9.97 Å². The smallest absolute Gasteiger partial charge is 0.275 e. The van der Waals surface area contributed by atoms with Crippen LogP contribution >= 0.6 is 0 Å². The van der Waals surface area contributed by atoms with Crippen LogP contribution in [0.2, 0.25) is 0 Å². The first-order valence-corrected chi connectivity index (χ1v) is 9.12. The fourth-order valence-corrected chi connectivity index (χ4v) is 2.71.